The molecule has 2 aliphatic rings. The van der Waals surface area contributed by atoms with Gasteiger partial charge in [-0.1, -0.05) is 11.6 Å². The fourth-order valence-corrected chi connectivity index (χ4v) is 2.98. The summed E-state index contributed by atoms with van der Waals surface area (Å²) in [7, 11) is 0. The van der Waals surface area contributed by atoms with Gasteiger partial charge in [0.25, 0.3) is 0 Å². The molecule has 104 valence electrons. The highest BCUT2D eigenvalue weighted by Gasteiger charge is 2.20. The van der Waals surface area contributed by atoms with Gasteiger partial charge in [-0.15, -0.1) is 0 Å². The number of aliphatic hydroxyl groups is 1. The Morgan fingerprint density at radius 1 is 1.32 bits per heavy atom. The van der Waals surface area contributed by atoms with E-state index in [1.54, 1.807) is 0 Å². The Balaban J connectivity index is 1.76. The lowest BCUT2D eigenvalue weighted by Gasteiger charge is -2.30. The first-order valence-electron chi connectivity index (χ1n) is 6.71. The largest absolute Gasteiger partial charge is 0.486 e. The van der Waals surface area contributed by atoms with Gasteiger partial charge in [0.1, 0.15) is 13.2 Å². The summed E-state index contributed by atoms with van der Waals surface area (Å²) in [6.45, 7) is 3.64. The first kappa shape index (κ1) is 13.0. The molecule has 3 rings (SSSR count). The van der Waals surface area contributed by atoms with Gasteiger partial charge in [-0.2, -0.15) is 0 Å². The molecule has 1 aromatic rings. The Kier molecular flexibility index (Phi) is 3.82. The van der Waals surface area contributed by atoms with Crippen molar-refractivity contribution in [3.63, 3.8) is 0 Å². The number of β-amino-alcohol motifs (C(OH)–C–C–N with tert-alkyl or cyclic N) is 1. The van der Waals surface area contributed by atoms with Crippen molar-refractivity contribution in [2.45, 2.75) is 25.5 Å². The number of piperidine rings is 1. The number of aliphatic hydroxyl groups excluding tert-OH is 1. The summed E-state index contributed by atoms with van der Waals surface area (Å²) < 4.78 is 11.1. The highest BCUT2D eigenvalue weighted by Crippen LogP contribution is 2.38. The van der Waals surface area contributed by atoms with Crippen LogP contribution in [0, 0.1) is 0 Å². The normalized spacial score (nSPS) is 23.4. The van der Waals surface area contributed by atoms with Crippen molar-refractivity contribution in [2.75, 3.05) is 26.3 Å². The lowest BCUT2D eigenvalue weighted by atomic mass is 10.1. The van der Waals surface area contributed by atoms with E-state index in [-0.39, 0.29) is 6.10 Å². The molecule has 1 saturated heterocycles. The zero-order chi connectivity index (χ0) is 13.2. The van der Waals surface area contributed by atoms with Crippen LogP contribution in [-0.2, 0) is 6.54 Å². The quantitative estimate of drug-likeness (QED) is 0.902. The fraction of sp³-hybridized carbons (Fsp3) is 0.571. The van der Waals surface area contributed by atoms with Crippen LogP contribution in [0.15, 0.2) is 12.1 Å². The minimum atomic E-state index is -0.207. The molecule has 5 heteroatoms. The molecular weight excluding hydrogens is 266 g/mol. The van der Waals surface area contributed by atoms with Gasteiger partial charge in [0.05, 0.1) is 11.1 Å². The average molecular weight is 284 g/mol. The maximum atomic E-state index is 9.69. The van der Waals surface area contributed by atoms with Crippen LogP contribution in [0.25, 0.3) is 0 Å². The van der Waals surface area contributed by atoms with E-state index in [1.807, 2.05) is 12.1 Å². The summed E-state index contributed by atoms with van der Waals surface area (Å²) in [4.78, 5) is 2.25. The minimum absolute atomic E-state index is 0.207. The standard InChI is InChI=1S/C14H18ClNO3/c15-12-6-10(7-13-14(12)19-5-4-18-13)8-16-3-1-2-11(17)9-16/h6-7,11,17H,1-5,8-9H2/t11-/m1/s1. The van der Waals surface area contributed by atoms with Gasteiger partial charge in [0.2, 0.25) is 0 Å². The van der Waals surface area contributed by atoms with Gasteiger partial charge < -0.3 is 14.6 Å². The highest BCUT2D eigenvalue weighted by molar-refractivity contribution is 6.32. The number of likely N-dealkylation sites (tertiary alicyclic amines) is 1. The van der Waals surface area contributed by atoms with E-state index in [0.717, 1.165) is 43.8 Å². The molecule has 1 fully saturated rings. The number of hydrogen-bond donors (Lipinski definition) is 1. The number of rotatable bonds is 2. The van der Waals surface area contributed by atoms with E-state index < -0.39 is 0 Å². The molecule has 0 aliphatic carbocycles. The van der Waals surface area contributed by atoms with Gasteiger partial charge in [-0.25, -0.2) is 0 Å². The fourth-order valence-electron chi connectivity index (χ4n) is 2.69. The highest BCUT2D eigenvalue weighted by atomic mass is 35.5. The van der Waals surface area contributed by atoms with Crippen LogP contribution < -0.4 is 9.47 Å². The summed E-state index contributed by atoms with van der Waals surface area (Å²) >= 11 is 6.22. The van der Waals surface area contributed by atoms with Crippen LogP contribution in [0.3, 0.4) is 0 Å². The molecule has 0 spiro atoms. The van der Waals surface area contributed by atoms with E-state index in [4.69, 9.17) is 21.1 Å². The Hall–Kier alpha value is -0.970. The molecule has 0 aromatic heterocycles. The van der Waals surface area contributed by atoms with Crippen LogP contribution in [0.1, 0.15) is 18.4 Å². The lowest BCUT2D eigenvalue weighted by molar-refractivity contribution is 0.0667. The second-order valence-corrected chi connectivity index (χ2v) is 5.54. The first-order valence-corrected chi connectivity index (χ1v) is 7.08. The first-order chi connectivity index (χ1) is 9.22. The van der Waals surface area contributed by atoms with Crippen LogP contribution in [-0.4, -0.2) is 42.4 Å². The van der Waals surface area contributed by atoms with Gasteiger partial charge >= 0.3 is 0 Å². The predicted molar refractivity (Wildman–Crippen MR) is 73.0 cm³/mol. The molecule has 2 aliphatic heterocycles. The van der Waals surface area contributed by atoms with Crippen LogP contribution in [0.4, 0.5) is 0 Å². The van der Waals surface area contributed by atoms with E-state index in [0.29, 0.717) is 24.0 Å². The topological polar surface area (TPSA) is 41.9 Å². The summed E-state index contributed by atoms with van der Waals surface area (Å²) in [5, 5.41) is 10.3. The molecule has 0 radical (unpaired) electrons. The van der Waals surface area contributed by atoms with Crippen LogP contribution >= 0.6 is 11.6 Å². The summed E-state index contributed by atoms with van der Waals surface area (Å²) in [6.07, 6.45) is 1.74. The minimum Gasteiger partial charge on any atom is -0.486 e. The van der Waals surface area contributed by atoms with Crippen molar-refractivity contribution in [2.24, 2.45) is 0 Å². The number of ether oxygens (including phenoxy) is 2. The lowest BCUT2D eigenvalue weighted by Crippen LogP contribution is -2.37. The van der Waals surface area contributed by atoms with E-state index in [1.165, 1.54) is 0 Å². The zero-order valence-electron chi connectivity index (χ0n) is 10.8. The third-order valence-electron chi connectivity index (χ3n) is 3.54. The molecule has 4 nitrogen and oxygen atoms in total. The summed E-state index contributed by atoms with van der Waals surface area (Å²) in [5.74, 6) is 1.38. The molecule has 0 unspecified atom stereocenters. The molecule has 1 aromatic carbocycles. The second-order valence-electron chi connectivity index (χ2n) is 5.13. The molecule has 0 bridgehead atoms. The third kappa shape index (κ3) is 2.96. The maximum absolute atomic E-state index is 9.69. The predicted octanol–water partition coefficient (Wildman–Crippen LogP) is 2.07. The molecule has 0 amide bonds. The SMILES string of the molecule is O[C@@H]1CCCN(Cc2cc(Cl)c3c(c2)OCCO3)C1. The smallest absolute Gasteiger partial charge is 0.179 e. The Bertz CT molecular complexity index is 466. The van der Waals surface area contributed by atoms with Gasteiger partial charge in [0, 0.05) is 13.1 Å². The van der Waals surface area contributed by atoms with Gasteiger partial charge in [-0.3, -0.25) is 4.90 Å². The summed E-state index contributed by atoms with van der Waals surface area (Å²) in [5.41, 5.74) is 1.10. The number of nitrogens with zero attached hydrogens (tertiary/aromatic N) is 1. The Morgan fingerprint density at radius 3 is 3.00 bits per heavy atom. The van der Waals surface area contributed by atoms with Crippen molar-refractivity contribution in [1.29, 1.82) is 0 Å². The zero-order valence-corrected chi connectivity index (χ0v) is 11.5. The number of benzene rings is 1. The van der Waals surface area contributed by atoms with Crippen molar-refractivity contribution in [3.05, 3.63) is 22.7 Å². The van der Waals surface area contributed by atoms with Crippen molar-refractivity contribution >= 4 is 11.6 Å². The van der Waals surface area contributed by atoms with Crippen molar-refractivity contribution < 1.29 is 14.6 Å². The number of fused-ring (bicyclic) bond motifs is 1. The third-order valence-corrected chi connectivity index (χ3v) is 3.82. The average Bonchev–Trinajstić information content (AvgIpc) is 2.39. The molecule has 1 N–H and O–H groups in total. The Morgan fingerprint density at radius 2 is 2.16 bits per heavy atom. The maximum Gasteiger partial charge on any atom is 0.179 e. The van der Waals surface area contributed by atoms with E-state index >= 15 is 0 Å². The van der Waals surface area contributed by atoms with Gasteiger partial charge in [0.15, 0.2) is 11.5 Å². The van der Waals surface area contributed by atoms with Crippen molar-refractivity contribution in [3.8, 4) is 11.5 Å². The molecule has 1 atom stereocenters. The van der Waals surface area contributed by atoms with E-state index in [9.17, 15) is 5.11 Å². The molecule has 2 heterocycles. The van der Waals surface area contributed by atoms with Crippen LogP contribution in [0.5, 0.6) is 11.5 Å². The van der Waals surface area contributed by atoms with E-state index in [2.05, 4.69) is 4.90 Å². The second kappa shape index (κ2) is 5.57. The Labute approximate surface area is 117 Å². The van der Waals surface area contributed by atoms with Crippen molar-refractivity contribution in [1.82, 2.24) is 4.90 Å². The number of halogens is 1. The van der Waals surface area contributed by atoms with Crippen LogP contribution in [0.2, 0.25) is 5.02 Å². The molecule has 0 saturated carbocycles. The summed E-state index contributed by atoms with van der Waals surface area (Å²) in [6, 6.07) is 3.91. The monoisotopic (exact) mass is 283 g/mol. The number of hydrogen-bond acceptors (Lipinski definition) is 4. The molecular formula is C14H18ClNO3. The van der Waals surface area contributed by atoms with Gasteiger partial charge in [-0.05, 0) is 37.1 Å². The molecule has 19 heavy (non-hydrogen) atoms.